The largest absolute Gasteiger partial charge is 0.206 e. The highest BCUT2D eigenvalue weighted by Crippen LogP contribution is 2.28. The molecule has 0 aliphatic carbocycles. The van der Waals surface area contributed by atoms with E-state index < -0.39 is 0 Å². The van der Waals surface area contributed by atoms with Crippen LogP contribution < -0.4 is 0 Å². The average Bonchev–Trinajstić information content (AvgIpc) is 2.63. The molecule has 0 unspecified atom stereocenters. The van der Waals surface area contributed by atoms with E-state index in [-0.39, 0.29) is 5.82 Å². The van der Waals surface area contributed by atoms with E-state index in [4.69, 9.17) is 0 Å². The highest BCUT2D eigenvalue weighted by molar-refractivity contribution is 5.71. The Hall–Kier alpha value is -2.67. The van der Waals surface area contributed by atoms with E-state index >= 15 is 0 Å². The van der Waals surface area contributed by atoms with E-state index in [1.54, 1.807) is 6.07 Å². The second-order valence-corrected chi connectivity index (χ2v) is 6.37. The quantitative estimate of drug-likeness (QED) is 0.443. The molecule has 0 saturated carbocycles. The first-order valence-electron chi connectivity index (χ1n) is 8.74. The van der Waals surface area contributed by atoms with Crippen LogP contribution in [0.3, 0.4) is 0 Å². The lowest BCUT2D eigenvalue weighted by Gasteiger charge is -2.08. The van der Waals surface area contributed by atoms with Gasteiger partial charge >= 0.3 is 0 Å². The van der Waals surface area contributed by atoms with E-state index in [0.717, 1.165) is 29.5 Å². The Morgan fingerprint density at radius 3 is 2.08 bits per heavy atom. The highest BCUT2D eigenvalue weighted by Gasteiger charge is 2.07. The molecule has 25 heavy (non-hydrogen) atoms. The van der Waals surface area contributed by atoms with Gasteiger partial charge in [0.05, 0.1) is 0 Å². The number of benzene rings is 3. The molecule has 0 nitrogen and oxygen atoms in total. The van der Waals surface area contributed by atoms with Gasteiger partial charge in [-0.1, -0.05) is 78.4 Å². The van der Waals surface area contributed by atoms with Gasteiger partial charge in [-0.2, -0.15) is 0 Å². The van der Waals surface area contributed by atoms with Crippen molar-refractivity contribution in [3.63, 3.8) is 0 Å². The third kappa shape index (κ3) is 4.24. The lowest BCUT2D eigenvalue weighted by molar-refractivity contribution is 0.632. The summed E-state index contributed by atoms with van der Waals surface area (Å²) in [6.07, 6.45) is 6.28. The Labute approximate surface area is 149 Å². The van der Waals surface area contributed by atoms with E-state index in [9.17, 15) is 4.39 Å². The number of hydrogen-bond acceptors (Lipinski definition) is 0. The topological polar surface area (TPSA) is 0 Å². The fourth-order valence-electron chi connectivity index (χ4n) is 2.94. The molecule has 0 atom stereocenters. The molecular weight excluding hydrogens is 307 g/mol. The lowest BCUT2D eigenvalue weighted by Crippen LogP contribution is -1.88. The van der Waals surface area contributed by atoms with Crippen molar-refractivity contribution in [2.75, 3.05) is 0 Å². The van der Waals surface area contributed by atoms with Gasteiger partial charge in [-0.3, -0.25) is 0 Å². The van der Waals surface area contributed by atoms with Crippen LogP contribution >= 0.6 is 0 Å². The molecule has 3 rings (SSSR count). The molecule has 0 bridgehead atoms. The van der Waals surface area contributed by atoms with Gasteiger partial charge in [0.1, 0.15) is 5.82 Å². The normalized spacial score (nSPS) is 11.2. The zero-order valence-corrected chi connectivity index (χ0v) is 14.8. The first-order valence-corrected chi connectivity index (χ1v) is 8.74. The third-order valence-electron chi connectivity index (χ3n) is 4.45. The van der Waals surface area contributed by atoms with Crippen LogP contribution in [-0.2, 0) is 6.42 Å². The fourth-order valence-corrected chi connectivity index (χ4v) is 2.94. The van der Waals surface area contributed by atoms with Crippen molar-refractivity contribution in [3.8, 4) is 22.3 Å². The maximum absolute atomic E-state index is 14.6. The van der Waals surface area contributed by atoms with Crippen LogP contribution in [0.2, 0.25) is 0 Å². The van der Waals surface area contributed by atoms with E-state index in [1.807, 2.05) is 55.5 Å². The Morgan fingerprint density at radius 2 is 1.44 bits per heavy atom. The molecule has 0 fully saturated rings. The summed E-state index contributed by atoms with van der Waals surface area (Å²) in [4.78, 5) is 0. The van der Waals surface area contributed by atoms with Gasteiger partial charge in [-0.25, -0.2) is 4.39 Å². The molecule has 3 aromatic rings. The Balaban J connectivity index is 1.82. The first kappa shape index (κ1) is 17.2. The summed E-state index contributed by atoms with van der Waals surface area (Å²) in [6, 6.07) is 21.8. The highest BCUT2D eigenvalue weighted by atomic mass is 19.1. The molecule has 0 aliphatic heterocycles. The number of halogens is 1. The van der Waals surface area contributed by atoms with Gasteiger partial charge < -0.3 is 0 Å². The van der Waals surface area contributed by atoms with Crippen LogP contribution in [0, 0.1) is 12.7 Å². The van der Waals surface area contributed by atoms with Crippen LogP contribution in [0.25, 0.3) is 22.3 Å². The number of allylic oxidation sites excluding steroid dienone is 2. The van der Waals surface area contributed by atoms with Crippen LogP contribution in [0.5, 0.6) is 0 Å². The van der Waals surface area contributed by atoms with Crippen molar-refractivity contribution in [2.45, 2.75) is 26.7 Å². The SMILES string of the molecule is C/C=C/CCc1ccc(-c2ccc(-c3ccc(C)cc3)cc2F)cc1. The smallest absolute Gasteiger partial charge is 0.131 e. The van der Waals surface area contributed by atoms with E-state index in [2.05, 4.69) is 31.2 Å². The fraction of sp³-hybridized carbons (Fsp3) is 0.167. The lowest BCUT2D eigenvalue weighted by atomic mass is 9.98. The Bertz CT molecular complexity index is 856. The number of aryl methyl sites for hydroxylation is 2. The van der Waals surface area contributed by atoms with Crippen molar-refractivity contribution in [2.24, 2.45) is 0 Å². The predicted molar refractivity (Wildman–Crippen MR) is 105 cm³/mol. The molecule has 0 N–H and O–H groups in total. The summed E-state index contributed by atoms with van der Waals surface area (Å²) in [5.41, 5.74) is 5.99. The third-order valence-corrected chi connectivity index (χ3v) is 4.45. The van der Waals surface area contributed by atoms with Crippen LogP contribution in [0.1, 0.15) is 24.5 Å². The van der Waals surface area contributed by atoms with Crippen molar-refractivity contribution >= 4 is 0 Å². The molecule has 3 aromatic carbocycles. The molecule has 0 heterocycles. The summed E-state index contributed by atoms with van der Waals surface area (Å²) in [7, 11) is 0. The van der Waals surface area contributed by atoms with Gasteiger partial charge in [-0.15, -0.1) is 0 Å². The zero-order chi connectivity index (χ0) is 17.6. The molecule has 0 aliphatic rings. The average molecular weight is 330 g/mol. The zero-order valence-electron chi connectivity index (χ0n) is 14.8. The van der Waals surface area contributed by atoms with Gasteiger partial charge in [-0.05, 0) is 55.0 Å². The summed E-state index contributed by atoms with van der Waals surface area (Å²) in [5, 5.41) is 0. The first-order chi connectivity index (χ1) is 12.2. The molecule has 0 aromatic heterocycles. The van der Waals surface area contributed by atoms with E-state index in [1.165, 1.54) is 11.1 Å². The summed E-state index contributed by atoms with van der Waals surface area (Å²) >= 11 is 0. The van der Waals surface area contributed by atoms with Gasteiger partial charge in [0, 0.05) is 5.56 Å². The molecular formula is C24H23F. The Kier molecular flexibility index (Phi) is 5.45. The van der Waals surface area contributed by atoms with Crippen molar-refractivity contribution < 1.29 is 4.39 Å². The molecule has 0 saturated heterocycles. The number of hydrogen-bond donors (Lipinski definition) is 0. The second kappa shape index (κ2) is 7.94. The summed E-state index contributed by atoms with van der Waals surface area (Å²) in [5.74, 6) is -0.181. The molecule has 0 amide bonds. The standard InChI is InChI=1S/C24H23F/c1-3-4-5-6-19-9-13-21(14-10-19)23-16-15-22(17-24(23)25)20-11-7-18(2)8-12-20/h3-4,7-17H,5-6H2,1-2H3/b4-3+. The minimum absolute atomic E-state index is 0.181. The number of rotatable bonds is 5. The maximum atomic E-state index is 14.6. The predicted octanol–water partition coefficient (Wildman–Crippen LogP) is 6.98. The summed E-state index contributed by atoms with van der Waals surface area (Å²) < 4.78 is 14.6. The van der Waals surface area contributed by atoms with Crippen LogP contribution in [0.15, 0.2) is 78.9 Å². The van der Waals surface area contributed by atoms with Gasteiger partial charge in [0.25, 0.3) is 0 Å². The minimum Gasteiger partial charge on any atom is -0.206 e. The van der Waals surface area contributed by atoms with E-state index in [0.29, 0.717) is 5.56 Å². The maximum Gasteiger partial charge on any atom is 0.131 e. The molecule has 0 radical (unpaired) electrons. The second-order valence-electron chi connectivity index (χ2n) is 6.37. The van der Waals surface area contributed by atoms with Crippen molar-refractivity contribution in [3.05, 3.63) is 95.8 Å². The Morgan fingerprint density at radius 1 is 0.800 bits per heavy atom. The minimum atomic E-state index is -0.181. The summed E-state index contributed by atoms with van der Waals surface area (Å²) in [6.45, 7) is 4.09. The van der Waals surface area contributed by atoms with Gasteiger partial charge in [0.2, 0.25) is 0 Å². The van der Waals surface area contributed by atoms with Crippen LogP contribution in [0.4, 0.5) is 4.39 Å². The molecule has 0 spiro atoms. The van der Waals surface area contributed by atoms with Crippen LogP contribution in [-0.4, -0.2) is 0 Å². The van der Waals surface area contributed by atoms with Crippen molar-refractivity contribution in [1.29, 1.82) is 0 Å². The van der Waals surface area contributed by atoms with Crippen molar-refractivity contribution in [1.82, 2.24) is 0 Å². The monoisotopic (exact) mass is 330 g/mol. The van der Waals surface area contributed by atoms with Gasteiger partial charge in [0.15, 0.2) is 0 Å². The molecule has 126 valence electrons. The molecule has 1 heteroatoms.